The Morgan fingerprint density at radius 2 is 0.875 bits per heavy atom. The predicted octanol–water partition coefficient (Wildman–Crippen LogP) is 13.7. The summed E-state index contributed by atoms with van der Waals surface area (Å²) in [5.41, 5.74) is 10.7. The Kier molecular flexibility index (Phi) is 7.07. The van der Waals surface area contributed by atoms with Gasteiger partial charge in [-0.05, 0) is 69.6 Å². The van der Waals surface area contributed by atoms with Gasteiger partial charge in [0.2, 0.25) is 0 Å². The van der Waals surface area contributed by atoms with Crippen LogP contribution >= 0.6 is 11.3 Å². The first-order valence-corrected chi connectivity index (χ1v) is 17.2. The molecule has 0 unspecified atom stereocenters. The maximum absolute atomic E-state index is 2.46. The van der Waals surface area contributed by atoms with E-state index in [9.17, 15) is 0 Å². The monoisotopic (exact) mass is 629 g/mol. The molecule has 0 fully saturated rings. The first-order valence-electron chi connectivity index (χ1n) is 16.4. The summed E-state index contributed by atoms with van der Waals surface area (Å²) in [6.07, 6.45) is 0. The van der Waals surface area contributed by atoms with Crippen molar-refractivity contribution in [3.05, 3.63) is 188 Å². The number of nitrogens with zero attached hydrogens (tertiary/aromatic N) is 1. The molecule has 0 atom stereocenters. The second-order valence-electron chi connectivity index (χ2n) is 12.1. The summed E-state index contributed by atoms with van der Waals surface area (Å²) in [4.78, 5) is 2.46. The maximum Gasteiger partial charge on any atom is 0.0547 e. The predicted molar refractivity (Wildman–Crippen MR) is 208 cm³/mol. The second kappa shape index (κ2) is 12.0. The topological polar surface area (TPSA) is 3.24 Å². The van der Waals surface area contributed by atoms with E-state index in [1.54, 1.807) is 0 Å². The van der Waals surface area contributed by atoms with Crippen molar-refractivity contribution in [1.82, 2.24) is 0 Å². The maximum atomic E-state index is 2.46. The fourth-order valence-electron chi connectivity index (χ4n) is 6.99. The van der Waals surface area contributed by atoms with Gasteiger partial charge in [-0.15, -0.1) is 11.3 Å². The highest BCUT2D eigenvalue weighted by Gasteiger charge is 2.23. The van der Waals surface area contributed by atoms with Crippen LogP contribution in [-0.4, -0.2) is 0 Å². The number of benzene rings is 8. The standard InChI is InChI=1S/C46H31NS/c1-3-12-32(13-4-1)34-22-24-37(25-23-34)45-42(30-31-44-46(45)40-19-9-10-21-43(40)48-44)47(41-20-11-17-36-16-7-8-18-39(36)41)38-28-26-35(27-29-38)33-14-5-2-6-15-33/h1-31H. The minimum absolute atomic E-state index is 1.12. The third kappa shape index (κ3) is 4.95. The molecule has 0 radical (unpaired) electrons. The van der Waals surface area contributed by atoms with Crippen molar-refractivity contribution in [1.29, 1.82) is 0 Å². The Hall–Kier alpha value is -5.96. The summed E-state index contributed by atoms with van der Waals surface area (Å²) >= 11 is 1.87. The number of fused-ring (bicyclic) bond motifs is 4. The molecule has 9 rings (SSSR count). The van der Waals surface area contributed by atoms with Gasteiger partial charge >= 0.3 is 0 Å². The molecule has 0 spiro atoms. The van der Waals surface area contributed by atoms with E-state index in [-0.39, 0.29) is 0 Å². The van der Waals surface area contributed by atoms with E-state index in [4.69, 9.17) is 0 Å². The van der Waals surface area contributed by atoms with E-state index < -0.39 is 0 Å². The van der Waals surface area contributed by atoms with Gasteiger partial charge in [0.1, 0.15) is 0 Å². The molecule has 0 bridgehead atoms. The number of hydrogen-bond acceptors (Lipinski definition) is 2. The van der Waals surface area contributed by atoms with Crippen LogP contribution in [0.5, 0.6) is 0 Å². The molecule has 1 aromatic heterocycles. The van der Waals surface area contributed by atoms with Crippen molar-refractivity contribution >= 4 is 59.3 Å². The first-order chi connectivity index (χ1) is 23.8. The number of hydrogen-bond donors (Lipinski definition) is 0. The van der Waals surface area contributed by atoms with Gasteiger partial charge in [0, 0.05) is 36.8 Å². The second-order valence-corrected chi connectivity index (χ2v) is 13.2. The zero-order valence-electron chi connectivity index (χ0n) is 26.3. The van der Waals surface area contributed by atoms with Crippen LogP contribution in [0.25, 0.3) is 64.3 Å². The van der Waals surface area contributed by atoms with Gasteiger partial charge in [0.25, 0.3) is 0 Å². The Labute approximate surface area is 284 Å². The van der Waals surface area contributed by atoms with E-state index in [1.165, 1.54) is 64.3 Å². The quantitative estimate of drug-likeness (QED) is 0.177. The average Bonchev–Trinajstić information content (AvgIpc) is 3.55. The minimum atomic E-state index is 1.12. The molecule has 1 heterocycles. The molecule has 0 saturated carbocycles. The molecule has 0 amide bonds. The summed E-state index contributed by atoms with van der Waals surface area (Å²) < 4.78 is 2.59. The number of thiophene rings is 1. The van der Waals surface area contributed by atoms with E-state index in [0.717, 1.165) is 17.1 Å². The fourth-order valence-corrected chi connectivity index (χ4v) is 8.10. The Balaban J connectivity index is 1.32. The van der Waals surface area contributed by atoms with Crippen molar-refractivity contribution < 1.29 is 0 Å². The summed E-state index contributed by atoms with van der Waals surface area (Å²) in [5, 5.41) is 5.02. The Morgan fingerprint density at radius 1 is 0.333 bits per heavy atom. The van der Waals surface area contributed by atoms with E-state index >= 15 is 0 Å². The van der Waals surface area contributed by atoms with Crippen LogP contribution in [0.4, 0.5) is 17.1 Å². The Morgan fingerprint density at radius 3 is 1.58 bits per heavy atom. The smallest absolute Gasteiger partial charge is 0.0547 e. The lowest BCUT2D eigenvalue weighted by molar-refractivity contribution is 1.30. The third-order valence-electron chi connectivity index (χ3n) is 9.28. The lowest BCUT2D eigenvalue weighted by Crippen LogP contribution is -2.12. The summed E-state index contributed by atoms with van der Waals surface area (Å²) in [6.45, 7) is 0. The largest absolute Gasteiger partial charge is 0.309 e. The van der Waals surface area contributed by atoms with Gasteiger partial charge in [-0.3, -0.25) is 0 Å². The molecule has 226 valence electrons. The average molecular weight is 630 g/mol. The number of rotatable bonds is 6. The van der Waals surface area contributed by atoms with Crippen LogP contribution in [0.3, 0.4) is 0 Å². The molecule has 1 nitrogen and oxygen atoms in total. The van der Waals surface area contributed by atoms with Crippen molar-refractivity contribution in [2.75, 3.05) is 4.90 Å². The zero-order chi connectivity index (χ0) is 31.9. The summed E-state index contributed by atoms with van der Waals surface area (Å²) in [5.74, 6) is 0. The molecular weight excluding hydrogens is 599 g/mol. The zero-order valence-corrected chi connectivity index (χ0v) is 27.1. The van der Waals surface area contributed by atoms with Gasteiger partial charge in [0.15, 0.2) is 0 Å². The summed E-state index contributed by atoms with van der Waals surface area (Å²) in [7, 11) is 0. The normalized spacial score (nSPS) is 11.3. The molecule has 2 heteroatoms. The van der Waals surface area contributed by atoms with Crippen molar-refractivity contribution in [2.45, 2.75) is 0 Å². The highest BCUT2D eigenvalue weighted by molar-refractivity contribution is 7.26. The van der Waals surface area contributed by atoms with Crippen LogP contribution in [0.2, 0.25) is 0 Å². The molecule has 0 N–H and O–H groups in total. The highest BCUT2D eigenvalue weighted by atomic mass is 32.1. The van der Waals surface area contributed by atoms with E-state index in [2.05, 4.69) is 193 Å². The van der Waals surface area contributed by atoms with Gasteiger partial charge in [-0.25, -0.2) is 0 Å². The van der Waals surface area contributed by atoms with E-state index in [1.807, 2.05) is 11.3 Å². The van der Waals surface area contributed by atoms with Crippen molar-refractivity contribution in [3.8, 4) is 33.4 Å². The van der Waals surface area contributed by atoms with Gasteiger partial charge in [-0.2, -0.15) is 0 Å². The molecule has 0 aliphatic rings. The Bertz CT molecular complexity index is 2530. The van der Waals surface area contributed by atoms with Gasteiger partial charge in [0.05, 0.1) is 11.4 Å². The molecule has 9 aromatic rings. The summed E-state index contributed by atoms with van der Waals surface area (Å²) in [6, 6.07) is 68.2. The van der Waals surface area contributed by atoms with Crippen molar-refractivity contribution in [3.63, 3.8) is 0 Å². The molecule has 48 heavy (non-hydrogen) atoms. The highest BCUT2D eigenvalue weighted by Crippen LogP contribution is 2.49. The first kappa shape index (κ1) is 28.3. The lowest BCUT2D eigenvalue weighted by Gasteiger charge is -2.30. The van der Waals surface area contributed by atoms with Crippen LogP contribution in [-0.2, 0) is 0 Å². The fraction of sp³-hybridized carbons (Fsp3) is 0. The third-order valence-corrected chi connectivity index (χ3v) is 10.4. The van der Waals surface area contributed by atoms with E-state index in [0.29, 0.717) is 0 Å². The molecular formula is C46H31NS. The molecule has 0 saturated heterocycles. The van der Waals surface area contributed by atoms with Crippen LogP contribution < -0.4 is 4.90 Å². The van der Waals surface area contributed by atoms with Crippen molar-refractivity contribution in [2.24, 2.45) is 0 Å². The molecule has 0 aliphatic heterocycles. The minimum Gasteiger partial charge on any atom is -0.309 e. The number of anilines is 3. The van der Waals surface area contributed by atoms with Gasteiger partial charge < -0.3 is 4.90 Å². The van der Waals surface area contributed by atoms with Crippen LogP contribution in [0, 0.1) is 0 Å². The van der Waals surface area contributed by atoms with Crippen LogP contribution in [0.1, 0.15) is 0 Å². The SMILES string of the molecule is c1ccc(-c2ccc(-c3c(N(c4ccc(-c5ccccc5)cc4)c4cccc5ccccc45)ccc4sc5ccccc5c34)cc2)cc1. The van der Waals surface area contributed by atoms with Gasteiger partial charge in [-0.1, -0.05) is 152 Å². The van der Waals surface area contributed by atoms with Crippen LogP contribution in [0.15, 0.2) is 188 Å². The molecule has 8 aromatic carbocycles. The molecule has 0 aliphatic carbocycles. The lowest BCUT2D eigenvalue weighted by atomic mass is 9.94.